The number of carbonyl (C=O) groups is 1. The lowest BCUT2D eigenvalue weighted by atomic mass is 9.88. The maximum absolute atomic E-state index is 10.6. The van der Waals surface area contributed by atoms with Crippen molar-refractivity contribution in [3.8, 4) is 0 Å². The molecule has 0 aromatic carbocycles. The third-order valence-corrected chi connectivity index (χ3v) is 2.57. The molecule has 0 amide bonds. The maximum Gasteiger partial charge on any atom is 0.364 e. The van der Waals surface area contributed by atoms with Crippen LogP contribution in [0.25, 0.3) is 0 Å². The second-order valence-electron chi connectivity index (χ2n) is 3.72. The van der Waals surface area contributed by atoms with Gasteiger partial charge in [0.1, 0.15) is 6.10 Å². The van der Waals surface area contributed by atoms with Gasteiger partial charge in [0.25, 0.3) is 5.79 Å². The SMILES string of the molecule is CC1C(O)CC(O)(C(=O)O)OC1C(O)O. The van der Waals surface area contributed by atoms with Crippen LogP contribution in [0, 0.1) is 5.92 Å². The number of carboxylic acid groups (broad SMARTS) is 1. The van der Waals surface area contributed by atoms with Crippen LogP contribution in [0.2, 0.25) is 0 Å². The summed E-state index contributed by atoms with van der Waals surface area (Å²) in [5, 5.41) is 45.3. The number of hydrogen-bond donors (Lipinski definition) is 5. The summed E-state index contributed by atoms with van der Waals surface area (Å²) in [6, 6.07) is 0. The van der Waals surface area contributed by atoms with E-state index in [0.29, 0.717) is 0 Å². The van der Waals surface area contributed by atoms with Crippen LogP contribution in [0.4, 0.5) is 0 Å². The van der Waals surface area contributed by atoms with Gasteiger partial charge >= 0.3 is 5.97 Å². The summed E-state index contributed by atoms with van der Waals surface area (Å²) in [7, 11) is 0. The van der Waals surface area contributed by atoms with Crippen molar-refractivity contribution in [1.82, 2.24) is 0 Å². The van der Waals surface area contributed by atoms with E-state index in [1.807, 2.05) is 0 Å². The highest BCUT2D eigenvalue weighted by atomic mass is 16.7. The zero-order valence-electron chi connectivity index (χ0n) is 8.07. The predicted octanol–water partition coefficient (Wildman–Crippen LogP) is -2.14. The second-order valence-corrected chi connectivity index (χ2v) is 3.72. The molecule has 0 bridgehead atoms. The van der Waals surface area contributed by atoms with Gasteiger partial charge in [-0.1, -0.05) is 6.92 Å². The molecule has 1 aliphatic heterocycles. The van der Waals surface area contributed by atoms with Crippen LogP contribution in [0.1, 0.15) is 13.3 Å². The van der Waals surface area contributed by atoms with Crippen molar-refractivity contribution in [3.05, 3.63) is 0 Å². The number of aliphatic hydroxyl groups excluding tert-OH is 2. The van der Waals surface area contributed by atoms with Gasteiger partial charge in [-0.15, -0.1) is 0 Å². The van der Waals surface area contributed by atoms with E-state index in [0.717, 1.165) is 0 Å². The van der Waals surface area contributed by atoms with Gasteiger partial charge in [-0.2, -0.15) is 0 Å². The van der Waals surface area contributed by atoms with Gasteiger partial charge in [-0.05, 0) is 0 Å². The minimum Gasteiger partial charge on any atom is -0.477 e. The van der Waals surface area contributed by atoms with E-state index in [1.54, 1.807) is 0 Å². The van der Waals surface area contributed by atoms with Crippen molar-refractivity contribution in [2.24, 2.45) is 5.92 Å². The molecule has 0 aliphatic carbocycles. The number of aliphatic carboxylic acids is 1. The van der Waals surface area contributed by atoms with Crippen LogP contribution >= 0.6 is 0 Å². The topological polar surface area (TPSA) is 127 Å². The molecule has 1 heterocycles. The monoisotopic (exact) mass is 222 g/mol. The van der Waals surface area contributed by atoms with E-state index in [-0.39, 0.29) is 0 Å². The fraction of sp³-hybridized carbons (Fsp3) is 0.875. The van der Waals surface area contributed by atoms with E-state index in [9.17, 15) is 15.0 Å². The van der Waals surface area contributed by atoms with Crippen molar-refractivity contribution >= 4 is 5.97 Å². The summed E-state index contributed by atoms with van der Waals surface area (Å²) in [5.74, 6) is -4.91. The van der Waals surface area contributed by atoms with Crippen LogP contribution < -0.4 is 0 Å². The van der Waals surface area contributed by atoms with Crippen molar-refractivity contribution in [2.45, 2.75) is 37.6 Å². The third kappa shape index (κ3) is 2.27. The molecule has 7 nitrogen and oxygen atoms in total. The summed E-state index contributed by atoms with van der Waals surface area (Å²) in [4.78, 5) is 10.6. The Morgan fingerprint density at radius 3 is 2.47 bits per heavy atom. The zero-order valence-corrected chi connectivity index (χ0v) is 8.07. The highest BCUT2D eigenvalue weighted by molar-refractivity contribution is 5.75. The van der Waals surface area contributed by atoms with E-state index < -0.39 is 42.6 Å². The summed E-state index contributed by atoms with van der Waals surface area (Å²) in [6.07, 6.45) is -4.98. The molecule has 5 N–H and O–H groups in total. The van der Waals surface area contributed by atoms with E-state index in [2.05, 4.69) is 4.74 Å². The molecule has 15 heavy (non-hydrogen) atoms. The lowest BCUT2D eigenvalue weighted by Gasteiger charge is -2.41. The predicted molar refractivity (Wildman–Crippen MR) is 45.5 cm³/mol. The molecule has 7 heteroatoms. The number of rotatable bonds is 2. The Hall–Kier alpha value is -0.730. The molecule has 1 aliphatic rings. The van der Waals surface area contributed by atoms with Crippen LogP contribution in [0.5, 0.6) is 0 Å². The van der Waals surface area contributed by atoms with Crippen molar-refractivity contribution in [3.63, 3.8) is 0 Å². The first-order valence-corrected chi connectivity index (χ1v) is 4.45. The standard InChI is InChI=1S/C8H14O7/c1-3-4(9)2-8(14,7(12)13)15-5(3)6(10)11/h3-6,9-11,14H,2H2,1H3,(H,12,13). The molecule has 1 saturated heterocycles. The molecular formula is C8H14O7. The molecule has 88 valence electrons. The van der Waals surface area contributed by atoms with Crippen LogP contribution in [0.3, 0.4) is 0 Å². The van der Waals surface area contributed by atoms with Gasteiger partial charge in [0.05, 0.1) is 6.10 Å². The quantitative estimate of drug-likeness (QED) is 0.337. The normalized spacial score (nSPS) is 41.9. The molecule has 0 aromatic rings. The minimum absolute atomic E-state index is 0.507. The van der Waals surface area contributed by atoms with E-state index >= 15 is 0 Å². The zero-order chi connectivity index (χ0) is 11.8. The van der Waals surface area contributed by atoms with Crippen molar-refractivity contribution in [2.75, 3.05) is 0 Å². The largest absolute Gasteiger partial charge is 0.477 e. The van der Waals surface area contributed by atoms with Crippen molar-refractivity contribution in [1.29, 1.82) is 0 Å². The molecule has 0 saturated carbocycles. The number of aliphatic hydroxyl groups is 4. The molecule has 4 unspecified atom stereocenters. The number of ether oxygens (including phenoxy) is 1. The van der Waals surface area contributed by atoms with Crippen LogP contribution in [0.15, 0.2) is 0 Å². The van der Waals surface area contributed by atoms with Gasteiger partial charge in [-0.25, -0.2) is 4.79 Å². The fourth-order valence-electron chi connectivity index (χ4n) is 1.54. The molecule has 1 rings (SSSR count). The highest BCUT2D eigenvalue weighted by Crippen LogP contribution is 2.32. The second kappa shape index (κ2) is 4.03. The number of carboxylic acids is 1. The minimum atomic E-state index is -2.57. The molecular weight excluding hydrogens is 208 g/mol. The lowest BCUT2D eigenvalue weighted by Crippen LogP contribution is -2.58. The molecule has 0 aromatic heterocycles. The lowest BCUT2D eigenvalue weighted by molar-refractivity contribution is -0.315. The third-order valence-electron chi connectivity index (χ3n) is 2.57. The first kappa shape index (κ1) is 12.3. The number of hydrogen-bond acceptors (Lipinski definition) is 6. The molecule has 0 spiro atoms. The summed E-state index contributed by atoms with van der Waals surface area (Å²) >= 11 is 0. The first-order chi connectivity index (χ1) is 6.78. The first-order valence-electron chi connectivity index (χ1n) is 4.45. The Bertz CT molecular complexity index is 253. The molecule has 0 radical (unpaired) electrons. The average Bonchev–Trinajstić information content (AvgIpc) is 2.10. The summed E-state index contributed by atoms with van der Waals surface area (Å²) in [6.45, 7) is 1.47. The summed E-state index contributed by atoms with van der Waals surface area (Å²) < 4.78 is 4.68. The highest BCUT2D eigenvalue weighted by Gasteiger charge is 2.50. The van der Waals surface area contributed by atoms with Gasteiger partial charge in [0.2, 0.25) is 0 Å². The van der Waals surface area contributed by atoms with Gasteiger partial charge in [0, 0.05) is 12.3 Å². The van der Waals surface area contributed by atoms with Crippen LogP contribution in [-0.2, 0) is 9.53 Å². The van der Waals surface area contributed by atoms with Gasteiger partial charge < -0.3 is 30.3 Å². The maximum atomic E-state index is 10.6. The van der Waals surface area contributed by atoms with Crippen LogP contribution in [-0.4, -0.2) is 55.8 Å². The average molecular weight is 222 g/mol. The van der Waals surface area contributed by atoms with Gasteiger partial charge in [0.15, 0.2) is 6.29 Å². The Labute approximate surface area is 85.5 Å². The van der Waals surface area contributed by atoms with E-state index in [4.69, 9.17) is 15.3 Å². The Balaban J connectivity index is 2.88. The molecule has 1 fully saturated rings. The summed E-state index contributed by atoms with van der Waals surface area (Å²) in [5.41, 5.74) is 0. The smallest absolute Gasteiger partial charge is 0.364 e. The molecule has 4 atom stereocenters. The Kier molecular flexibility index (Phi) is 3.31. The van der Waals surface area contributed by atoms with Crippen molar-refractivity contribution < 1.29 is 35.1 Å². The Morgan fingerprint density at radius 2 is 2.07 bits per heavy atom. The fourth-order valence-corrected chi connectivity index (χ4v) is 1.54. The van der Waals surface area contributed by atoms with Gasteiger partial charge in [-0.3, -0.25) is 0 Å². The van der Waals surface area contributed by atoms with E-state index in [1.165, 1.54) is 6.92 Å². The Morgan fingerprint density at radius 1 is 1.53 bits per heavy atom.